The van der Waals surface area contributed by atoms with Gasteiger partial charge < -0.3 is 5.32 Å². The van der Waals surface area contributed by atoms with Crippen molar-refractivity contribution in [3.63, 3.8) is 0 Å². The van der Waals surface area contributed by atoms with Crippen molar-refractivity contribution in [1.29, 1.82) is 0 Å². The number of nitrogens with one attached hydrogen (secondary N) is 1. The Kier molecular flexibility index (Phi) is 4.45. The Morgan fingerprint density at radius 2 is 1.95 bits per heavy atom. The fraction of sp³-hybridized carbons (Fsp3) is 0.684. The lowest BCUT2D eigenvalue weighted by molar-refractivity contribution is 0.115. The molecule has 0 spiro atoms. The molecule has 0 saturated heterocycles. The fourth-order valence-electron chi connectivity index (χ4n) is 4.91. The summed E-state index contributed by atoms with van der Waals surface area (Å²) in [6.07, 6.45) is 7.37. The maximum Gasteiger partial charge on any atom is 0.0208 e. The largest absolute Gasteiger partial charge is 0.310 e. The van der Waals surface area contributed by atoms with Gasteiger partial charge in [-0.05, 0) is 55.4 Å². The standard InChI is InChI=1S/C19H29N/c1-3-17-11-16-9-10-18(12-16)19(17)14(2)20-13-15-7-5-4-6-8-15/h4-8,14,16-20H,3,9-13H2,1-2H3/t14?,16-,17+,18-,19?/m1/s1. The van der Waals surface area contributed by atoms with E-state index in [-0.39, 0.29) is 0 Å². The zero-order valence-electron chi connectivity index (χ0n) is 13.0. The molecule has 2 aliphatic rings. The van der Waals surface area contributed by atoms with Gasteiger partial charge in [0, 0.05) is 12.6 Å². The van der Waals surface area contributed by atoms with Crippen molar-refractivity contribution in [2.24, 2.45) is 23.7 Å². The molecule has 1 heteroatoms. The number of benzene rings is 1. The van der Waals surface area contributed by atoms with Gasteiger partial charge in [-0.3, -0.25) is 0 Å². The quantitative estimate of drug-likeness (QED) is 0.823. The third kappa shape index (κ3) is 2.93. The van der Waals surface area contributed by atoms with E-state index < -0.39 is 0 Å². The van der Waals surface area contributed by atoms with E-state index in [1.165, 1.54) is 37.7 Å². The molecule has 3 rings (SSSR count). The van der Waals surface area contributed by atoms with Crippen LogP contribution in [0.1, 0.15) is 51.5 Å². The summed E-state index contributed by atoms with van der Waals surface area (Å²) in [5, 5.41) is 3.82. The highest BCUT2D eigenvalue weighted by Gasteiger charge is 2.42. The lowest BCUT2D eigenvalue weighted by Gasteiger charge is -2.40. The Morgan fingerprint density at radius 1 is 1.15 bits per heavy atom. The van der Waals surface area contributed by atoms with Crippen molar-refractivity contribution in [1.82, 2.24) is 5.32 Å². The molecule has 1 aromatic carbocycles. The zero-order valence-corrected chi connectivity index (χ0v) is 13.0. The summed E-state index contributed by atoms with van der Waals surface area (Å²) in [5.74, 6) is 3.92. The molecule has 0 radical (unpaired) electrons. The molecule has 2 bridgehead atoms. The van der Waals surface area contributed by atoms with E-state index >= 15 is 0 Å². The van der Waals surface area contributed by atoms with Crippen LogP contribution < -0.4 is 5.32 Å². The van der Waals surface area contributed by atoms with E-state index in [9.17, 15) is 0 Å². The van der Waals surface area contributed by atoms with Gasteiger partial charge in [0.2, 0.25) is 0 Å². The maximum absolute atomic E-state index is 3.82. The van der Waals surface area contributed by atoms with Crippen LogP contribution in [-0.4, -0.2) is 6.04 Å². The number of hydrogen-bond acceptors (Lipinski definition) is 1. The molecule has 2 aliphatic carbocycles. The van der Waals surface area contributed by atoms with E-state index in [1.54, 1.807) is 0 Å². The molecule has 0 aromatic heterocycles. The molecule has 1 N–H and O–H groups in total. The average molecular weight is 271 g/mol. The minimum Gasteiger partial charge on any atom is -0.310 e. The first-order chi connectivity index (χ1) is 9.78. The molecule has 2 unspecified atom stereocenters. The Balaban J connectivity index is 1.61. The second kappa shape index (κ2) is 6.30. The molecule has 5 atom stereocenters. The minimum absolute atomic E-state index is 0.657. The second-order valence-corrected chi connectivity index (χ2v) is 7.08. The van der Waals surface area contributed by atoms with Crippen LogP contribution in [0.5, 0.6) is 0 Å². The summed E-state index contributed by atoms with van der Waals surface area (Å²) >= 11 is 0. The molecule has 1 aromatic rings. The van der Waals surface area contributed by atoms with Crippen molar-refractivity contribution in [3.8, 4) is 0 Å². The fourth-order valence-corrected chi connectivity index (χ4v) is 4.91. The first kappa shape index (κ1) is 14.1. The number of fused-ring (bicyclic) bond motifs is 2. The van der Waals surface area contributed by atoms with Crippen molar-refractivity contribution >= 4 is 0 Å². The number of rotatable bonds is 5. The number of hydrogen-bond donors (Lipinski definition) is 1. The van der Waals surface area contributed by atoms with Crippen molar-refractivity contribution in [3.05, 3.63) is 35.9 Å². The molecule has 0 amide bonds. The van der Waals surface area contributed by atoms with E-state index in [1.807, 2.05) is 0 Å². The van der Waals surface area contributed by atoms with Crippen LogP contribution in [0.25, 0.3) is 0 Å². The van der Waals surface area contributed by atoms with Crippen LogP contribution >= 0.6 is 0 Å². The Bertz CT molecular complexity index is 413. The monoisotopic (exact) mass is 271 g/mol. The molecule has 20 heavy (non-hydrogen) atoms. The van der Waals surface area contributed by atoms with Crippen LogP contribution in [0.2, 0.25) is 0 Å². The van der Waals surface area contributed by atoms with Crippen LogP contribution in [0.15, 0.2) is 30.3 Å². The molecular formula is C19H29N. The van der Waals surface area contributed by atoms with Crippen molar-refractivity contribution < 1.29 is 0 Å². The molecule has 2 fully saturated rings. The first-order valence-corrected chi connectivity index (χ1v) is 8.55. The van der Waals surface area contributed by atoms with E-state index in [0.717, 1.165) is 30.2 Å². The SMILES string of the molecule is CC[C@H]1C[C@H]2CC[C@H](C2)C1C(C)NCc1ccccc1. The van der Waals surface area contributed by atoms with E-state index in [4.69, 9.17) is 0 Å². The second-order valence-electron chi connectivity index (χ2n) is 7.08. The molecule has 0 aliphatic heterocycles. The van der Waals surface area contributed by atoms with Crippen LogP contribution in [0.3, 0.4) is 0 Å². The van der Waals surface area contributed by atoms with Gasteiger partial charge in [-0.1, -0.05) is 50.1 Å². The first-order valence-electron chi connectivity index (χ1n) is 8.55. The predicted molar refractivity (Wildman–Crippen MR) is 85.5 cm³/mol. The topological polar surface area (TPSA) is 12.0 Å². The summed E-state index contributed by atoms with van der Waals surface area (Å²) in [6.45, 7) is 5.84. The Hall–Kier alpha value is -0.820. The highest BCUT2D eigenvalue weighted by atomic mass is 14.9. The van der Waals surface area contributed by atoms with Crippen LogP contribution in [0.4, 0.5) is 0 Å². The summed E-state index contributed by atoms with van der Waals surface area (Å²) in [5.41, 5.74) is 1.41. The summed E-state index contributed by atoms with van der Waals surface area (Å²) in [4.78, 5) is 0. The van der Waals surface area contributed by atoms with Gasteiger partial charge in [0.05, 0.1) is 0 Å². The van der Waals surface area contributed by atoms with E-state index in [2.05, 4.69) is 49.5 Å². The van der Waals surface area contributed by atoms with Crippen LogP contribution in [0, 0.1) is 23.7 Å². The van der Waals surface area contributed by atoms with Gasteiger partial charge >= 0.3 is 0 Å². The molecule has 1 nitrogen and oxygen atoms in total. The lowest BCUT2D eigenvalue weighted by Crippen LogP contribution is -2.42. The van der Waals surface area contributed by atoms with Gasteiger partial charge in [0.1, 0.15) is 0 Å². The van der Waals surface area contributed by atoms with Gasteiger partial charge in [0.25, 0.3) is 0 Å². The molecule has 110 valence electrons. The Labute approximate surface area is 124 Å². The molecule has 2 saturated carbocycles. The van der Waals surface area contributed by atoms with Crippen LogP contribution in [-0.2, 0) is 6.54 Å². The third-order valence-corrected chi connectivity index (χ3v) is 5.88. The molecule has 0 heterocycles. The van der Waals surface area contributed by atoms with Gasteiger partial charge in [-0.2, -0.15) is 0 Å². The summed E-state index contributed by atoms with van der Waals surface area (Å²) < 4.78 is 0. The molecular weight excluding hydrogens is 242 g/mol. The maximum atomic E-state index is 3.82. The third-order valence-electron chi connectivity index (χ3n) is 5.88. The van der Waals surface area contributed by atoms with Crippen molar-refractivity contribution in [2.75, 3.05) is 0 Å². The smallest absolute Gasteiger partial charge is 0.0208 e. The highest BCUT2D eigenvalue weighted by Crippen LogP contribution is 2.50. The van der Waals surface area contributed by atoms with Gasteiger partial charge in [-0.15, -0.1) is 0 Å². The summed E-state index contributed by atoms with van der Waals surface area (Å²) in [6, 6.07) is 11.5. The lowest BCUT2D eigenvalue weighted by atomic mass is 9.68. The predicted octanol–water partition coefficient (Wildman–Crippen LogP) is 4.63. The summed E-state index contributed by atoms with van der Waals surface area (Å²) in [7, 11) is 0. The minimum atomic E-state index is 0.657. The highest BCUT2D eigenvalue weighted by molar-refractivity contribution is 5.14. The average Bonchev–Trinajstić information content (AvgIpc) is 2.87. The van der Waals surface area contributed by atoms with E-state index in [0.29, 0.717) is 6.04 Å². The van der Waals surface area contributed by atoms with Gasteiger partial charge in [0.15, 0.2) is 0 Å². The van der Waals surface area contributed by atoms with Gasteiger partial charge in [-0.25, -0.2) is 0 Å². The van der Waals surface area contributed by atoms with Crippen molar-refractivity contribution in [2.45, 2.75) is 58.5 Å². The normalized spacial score (nSPS) is 34.1. The zero-order chi connectivity index (χ0) is 13.9. The Morgan fingerprint density at radius 3 is 2.70 bits per heavy atom.